The third kappa shape index (κ3) is 10.8. The predicted molar refractivity (Wildman–Crippen MR) is 321 cm³/mol. The summed E-state index contributed by atoms with van der Waals surface area (Å²) in [6.07, 6.45) is 21.6. The van der Waals surface area contributed by atoms with Crippen LogP contribution in [0.25, 0.3) is 65.3 Å². The molecule has 0 amide bonds. The highest BCUT2D eigenvalue weighted by atomic mass is 16.5. The Balaban J connectivity index is 1.12. The van der Waals surface area contributed by atoms with Crippen LogP contribution in [0.1, 0.15) is 165 Å². The second-order valence-corrected chi connectivity index (χ2v) is 22.0. The van der Waals surface area contributed by atoms with E-state index >= 15 is 0 Å². The lowest BCUT2D eigenvalue weighted by atomic mass is 9.71. The maximum absolute atomic E-state index is 6.80. The van der Waals surface area contributed by atoms with E-state index in [0.29, 0.717) is 38.3 Å². The molecular weight excluding hydrogens is 933 g/mol. The minimum Gasteiger partial charge on any atom is -0.493 e. The molecule has 0 radical (unpaired) electrons. The lowest BCUT2D eigenvalue weighted by Crippen LogP contribution is -2.27. The van der Waals surface area contributed by atoms with Crippen LogP contribution in [-0.2, 0) is 0 Å². The molecule has 11 aliphatic rings. The largest absolute Gasteiger partial charge is 0.493 e. The zero-order chi connectivity index (χ0) is 51.8. The van der Waals surface area contributed by atoms with E-state index < -0.39 is 0 Å². The number of hydrogen-bond donors (Lipinski definition) is 0. The SMILES string of the molecule is CCCCOc1ccc2cc3ccc2c1-c1c(OCCCC)ccc2cc(ccc12)[C@@H]1CCCC[C@H]1c1ccc2c(c(OCCCC)ccc2c1)-c1c(OCCCC)ccc2cc(ccc12)C=N[C@@H]1CCCC[C@H]1N=C3. The summed E-state index contributed by atoms with van der Waals surface area (Å²) < 4.78 is 27.2. The van der Waals surface area contributed by atoms with Crippen LogP contribution >= 0.6 is 0 Å². The Morgan fingerprint density at radius 3 is 1.01 bits per heavy atom. The van der Waals surface area contributed by atoms with E-state index in [2.05, 4.69) is 161 Å². The number of aliphatic imine (C=N–C) groups is 2. The fraction of sp³-hybridized carbons (Fsp3) is 0.400. The first-order valence-electron chi connectivity index (χ1n) is 29.4. The van der Waals surface area contributed by atoms with Crippen LogP contribution in [0.15, 0.2) is 131 Å². The normalized spacial score (nSPS) is 18.4. The zero-order valence-corrected chi connectivity index (χ0v) is 45.7. The molecule has 392 valence electrons. The maximum atomic E-state index is 6.80. The highest BCUT2D eigenvalue weighted by Gasteiger charge is 2.30. The van der Waals surface area contributed by atoms with Gasteiger partial charge < -0.3 is 18.9 Å². The van der Waals surface area contributed by atoms with Crippen molar-refractivity contribution >= 4 is 55.5 Å². The lowest BCUT2D eigenvalue weighted by molar-refractivity contribution is 0.306. The van der Waals surface area contributed by atoms with Gasteiger partial charge in [0.05, 0.1) is 38.5 Å². The Kier molecular flexibility index (Phi) is 16.3. The molecule has 0 aromatic heterocycles. The van der Waals surface area contributed by atoms with Gasteiger partial charge in [0, 0.05) is 34.7 Å². The van der Waals surface area contributed by atoms with E-state index in [9.17, 15) is 0 Å². The van der Waals surface area contributed by atoms with Crippen molar-refractivity contribution in [2.24, 2.45) is 9.98 Å². The van der Waals surface area contributed by atoms with Crippen molar-refractivity contribution in [3.63, 3.8) is 0 Å². The van der Waals surface area contributed by atoms with E-state index in [1.165, 1.54) is 45.5 Å². The average molecular weight is 1010 g/mol. The van der Waals surface area contributed by atoms with Crippen molar-refractivity contribution < 1.29 is 18.9 Å². The first-order chi connectivity index (χ1) is 37.5. The standard InChI is InChI=1S/C70H78N2O4/c1-5-9-37-73-63-33-25-49-41-47-21-29-57(49)67(63)69-59-31-23-51(43-53(59)27-35-65(69)75-39-11-7-3)55-17-13-14-18-56(55)52-24-32-60-54(44-52)28-36-66(76-40-12-8-4)70(60)68-58-30-22-48(42-50(58)26-34-64(68)74-38-10-6-2)46-72-62-20-16-15-19-61(62)71-45-47/h21-36,41-46,55-56,61-62H,5-20,37-40H2,1-4H3/t55-,56-,61+,62+/m0/s1. The van der Waals surface area contributed by atoms with Gasteiger partial charge in [-0.1, -0.05) is 164 Å². The highest BCUT2D eigenvalue weighted by Crippen LogP contribution is 2.51. The Morgan fingerprint density at radius 1 is 0.355 bits per heavy atom. The quantitative estimate of drug-likeness (QED) is 0.0905. The number of ether oxygens (including phenoxy) is 4. The third-order valence-electron chi connectivity index (χ3n) is 16.7. The fourth-order valence-electron chi connectivity index (χ4n) is 12.5. The van der Waals surface area contributed by atoms with Gasteiger partial charge in [0.25, 0.3) is 0 Å². The summed E-state index contributed by atoms with van der Waals surface area (Å²) in [6.45, 7) is 11.6. The van der Waals surface area contributed by atoms with E-state index in [-0.39, 0.29) is 12.1 Å². The van der Waals surface area contributed by atoms with Gasteiger partial charge in [-0.05, 0) is 165 Å². The number of nitrogens with zero attached hydrogens (tertiary/aromatic N) is 2. The second-order valence-electron chi connectivity index (χ2n) is 22.0. The summed E-state index contributed by atoms with van der Waals surface area (Å²) >= 11 is 0. The molecule has 76 heavy (non-hydrogen) atoms. The van der Waals surface area contributed by atoms with Crippen molar-refractivity contribution in [2.45, 2.75) is 154 Å². The van der Waals surface area contributed by atoms with Crippen LogP contribution in [0.4, 0.5) is 0 Å². The zero-order valence-electron chi connectivity index (χ0n) is 45.7. The van der Waals surface area contributed by atoms with Crippen LogP contribution in [0.2, 0.25) is 0 Å². The number of benzene rings is 8. The Bertz CT molecular complexity index is 3170. The molecule has 2 aliphatic carbocycles. The van der Waals surface area contributed by atoms with Gasteiger partial charge in [0.15, 0.2) is 0 Å². The predicted octanol–water partition coefficient (Wildman–Crippen LogP) is 19.0. The summed E-state index contributed by atoms with van der Waals surface area (Å²) in [5.41, 5.74) is 9.44. The van der Waals surface area contributed by atoms with Crippen LogP contribution in [0.5, 0.6) is 23.0 Å². The first kappa shape index (κ1) is 51.4. The molecule has 6 nitrogen and oxygen atoms in total. The number of rotatable bonds is 16. The van der Waals surface area contributed by atoms with Crippen molar-refractivity contribution in [3.05, 3.63) is 144 Å². The monoisotopic (exact) mass is 1010 g/mol. The van der Waals surface area contributed by atoms with E-state index in [4.69, 9.17) is 28.9 Å². The number of unbranched alkanes of at least 4 members (excludes halogenated alkanes) is 4. The molecule has 19 rings (SSSR count). The van der Waals surface area contributed by atoms with Crippen molar-refractivity contribution in [1.82, 2.24) is 0 Å². The van der Waals surface area contributed by atoms with Crippen LogP contribution < -0.4 is 18.9 Å². The fourth-order valence-corrected chi connectivity index (χ4v) is 12.5. The lowest BCUT2D eigenvalue weighted by Gasteiger charge is -2.33. The summed E-state index contributed by atoms with van der Waals surface area (Å²) in [5.74, 6) is 4.39. The van der Waals surface area contributed by atoms with Gasteiger partial charge >= 0.3 is 0 Å². The van der Waals surface area contributed by atoms with E-state index in [1.807, 2.05) is 0 Å². The molecular formula is C70H78N2O4. The van der Waals surface area contributed by atoms with E-state index in [0.717, 1.165) is 168 Å². The smallest absolute Gasteiger partial charge is 0.127 e. The Hall–Kier alpha value is -6.66. The summed E-state index contributed by atoms with van der Waals surface area (Å²) in [6, 6.07) is 46.4. The van der Waals surface area contributed by atoms with Crippen LogP contribution in [0, 0.1) is 0 Å². The van der Waals surface area contributed by atoms with Gasteiger partial charge in [-0.15, -0.1) is 0 Å². The molecule has 0 N–H and O–H groups in total. The minimum atomic E-state index is 0.109. The van der Waals surface area contributed by atoms with Crippen molar-refractivity contribution in [1.29, 1.82) is 0 Å². The average Bonchev–Trinajstić information content (AvgIpc) is 3.52. The molecule has 0 spiro atoms. The Morgan fingerprint density at radius 2 is 0.671 bits per heavy atom. The van der Waals surface area contributed by atoms with Gasteiger partial charge in [0.1, 0.15) is 23.0 Å². The summed E-state index contributed by atoms with van der Waals surface area (Å²) in [4.78, 5) is 10.7. The summed E-state index contributed by atoms with van der Waals surface area (Å²) in [7, 11) is 0. The third-order valence-corrected chi connectivity index (χ3v) is 16.7. The second kappa shape index (κ2) is 24.1. The van der Waals surface area contributed by atoms with E-state index in [1.54, 1.807) is 0 Å². The molecule has 2 fully saturated rings. The molecule has 16 bridgehead atoms. The Labute approximate surface area is 452 Å². The molecule has 8 aromatic rings. The first-order valence-corrected chi connectivity index (χ1v) is 29.4. The maximum Gasteiger partial charge on any atom is 0.127 e. The molecule has 8 aromatic carbocycles. The van der Waals surface area contributed by atoms with Gasteiger partial charge in [-0.2, -0.15) is 0 Å². The van der Waals surface area contributed by atoms with Crippen LogP contribution in [0.3, 0.4) is 0 Å². The van der Waals surface area contributed by atoms with Gasteiger partial charge in [-0.25, -0.2) is 0 Å². The molecule has 9 aliphatic heterocycles. The van der Waals surface area contributed by atoms with Crippen LogP contribution in [-0.4, -0.2) is 50.9 Å². The van der Waals surface area contributed by atoms with Gasteiger partial charge in [-0.3, -0.25) is 9.98 Å². The van der Waals surface area contributed by atoms with Crippen molar-refractivity contribution in [3.8, 4) is 45.3 Å². The molecule has 9 heterocycles. The summed E-state index contributed by atoms with van der Waals surface area (Å²) in [5, 5.41) is 9.49. The topological polar surface area (TPSA) is 61.6 Å². The minimum absolute atomic E-state index is 0.109. The molecule has 0 saturated heterocycles. The molecule has 2 saturated carbocycles. The van der Waals surface area contributed by atoms with Gasteiger partial charge in [0.2, 0.25) is 0 Å². The van der Waals surface area contributed by atoms with Crippen molar-refractivity contribution in [2.75, 3.05) is 26.4 Å². The molecule has 4 atom stereocenters. The number of hydrogen-bond acceptors (Lipinski definition) is 6. The molecule has 6 heteroatoms. The highest BCUT2D eigenvalue weighted by molar-refractivity contribution is 6.12. The molecule has 0 unspecified atom stereocenters.